The predicted molar refractivity (Wildman–Crippen MR) is 80.6 cm³/mol. The Hall–Kier alpha value is -2.55. The summed E-state index contributed by atoms with van der Waals surface area (Å²) in [7, 11) is 0. The summed E-state index contributed by atoms with van der Waals surface area (Å²) < 4.78 is 0. The maximum atomic E-state index is 5.98. The van der Waals surface area contributed by atoms with E-state index in [1.54, 1.807) is 6.20 Å². The van der Waals surface area contributed by atoms with Crippen LogP contribution in [0, 0.1) is 6.92 Å². The Balaban J connectivity index is 2.06. The third-order valence-electron chi connectivity index (χ3n) is 3.15. The van der Waals surface area contributed by atoms with Crippen LogP contribution in [0.1, 0.15) is 5.56 Å². The van der Waals surface area contributed by atoms with Gasteiger partial charge in [-0.3, -0.25) is 0 Å². The molecular formula is C16H15N3. The first-order valence-electron chi connectivity index (χ1n) is 6.21. The number of fused-ring (bicyclic) bond motifs is 1. The average molecular weight is 249 g/mol. The van der Waals surface area contributed by atoms with E-state index >= 15 is 0 Å². The summed E-state index contributed by atoms with van der Waals surface area (Å²) in [5.41, 5.74) is 9.01. The predicted octanol–water partition coefficient (Wildman–Crippen LogP) is 3.87. The van der Waals surface area contributed by atoms with Crippen LogP contribution in [-0.2, 0) is 0 Å². The molecule has 3 N–H and O–H groups in total. The van der Waals surface area contributed by atoms with Crippen LogP contribution < -0.4 is 11.1 Å². The molecule has 0 aliphatic rings. The number of pyridine rings is 1. The first-order valence-corrected chi connectivity index (χ1v) is 6.21. The fourth-order valence-corrected chi connectivity index (χ4v) is 2.10. The number of hydrogen-bond acceptors (Lipinski definition) is 3. The van der Waals surface area contributed by atoms with Crippen molar-refractivity contribution >= 4 is 28.0 Å². The van der Waals surface area contributed by atoms with Gasteiger partial charge in [0.2, 0.25) is 0 Å². The van der Waals surface area contributed by atoms with Gasteiger partial charge in [0.05, 0.1) is 0 Å². The molecular weight excluding hydrogens is 234 g/mol. The summed E-state index contributed by atoms with van der Waals surface area (Å²) in [5, 5.41) is 5.39. The summed E-state index contributed by atoms with van der Waals surface area (Å²) in [4.78, 5) is 4.40. The van der Waals surface area contributed by atoms with Crippen molar-refractivity contribution in [3.05, 3.63) is 60.3 Å². The van der Waals surface area contributed by atoms with E-state index in [1.165, 1.54) is 5.56 Å². The number of nitrogen functional groups attached to an aromatic ring is 1. The molecule has 3 aromatic rings. The highest BCUT2D eigenvalue weighted by Crippen LogP contribution is 2.27. The maximum absolute atomic E-state index is 5.98. The molecule has 3 heteroatoms. The summed E-state index contributed by atoms with van der Waals surface area (Å²) in [5.74, 6) is 0.827. The number of nitrogens with one attached hydrogen (secondary N) is 1. The molecule has 0 unspecified atom stereocenters. The van der Waals surface area contributed by atoms with Gasteiger partial charge in [0, 0.05) is 28.3 Å². The molecule has 0 fully saturated rings. The van der Waals surface area contributed by atoms with Crippen molar-refractivity contribution < 1.29 is 0 Å². The average Bonchev–Trinajstić information content (AvgIpc) is 2.43. The van der Waals surface area contributed by atoms with Crippen LogP contribution in [0.4, 0.5) is 17.2 Å². The summed E-state index contributed by atoms with van der Waals surface area (Å²) in [6.45, 7) is 2.07. The van der Waals surface area contributed by atoms with Crippen LogP contribution in [0.25, 0.3) is 10.8 Å². The maximum Gasteiger partial charge on any atom is 0.138 e. The first-order chi connectivity index (χ1) is 9.24. The monoisotopic (exact) mass is 249 g/mol. The van der Waals surface area contributed by atoms with E-state index in [-0.39, 0.29) is 0 Å². The van der Waals surface area contributed by atoms with Gasteiger partial charge in [0.1, 0.15) is 5.82 Å². The number of rotatable bonds is 2. The molecule has 1 heterocycles. The molecule has 0 spiro atoms. The highest BCUT2D eigenvalue weighted by molar-refractivity contribution is 5.99. The molecule has 19 heavy (non-hydrogen) atoms. The lowest BCUT2D eigenvalue weighted by atomic mass is 10.1. The molecule has 0 bridgehead atoms. The van der Waals surface area contributed by atoms with E-state index in [1.807, 2.05) is 36.4 Å². The van der Waals surface area contributed by atoms with Gasteiger partial charge < -0.3 is 11.1 Å². The van der Waals surface area contributed by atoms with Crippen molar-refractivity contribution in [2.45, 2.75) is 6.92 Å². The number of nitrogens with two attached hydrogens (primary N) is 1. The zero-order valence-electron chi connectivity index (χ0n) is 10.7. The van der Waals surface area contributed by atoms with E-state index in [0.717, 1.165) is 28.0 Å². The van der Waals surface area contributed by atoms with Crippen molar-refractivity contribution in [3.63, 3.8) is 0 Å². The summed E-state index contributed by atoms with van der Waals surface area (Å²) in [6, 6.07) is 16.0. The lowest BCUT2D eigenvalue weighted by Gasteiger charge is -2.10. The molecule has 2 aromatic carbocycles. The van der Waals surface area contributed by atoms with Crippen molar-refractivity contribution in [1.29, 1.82) is 0 Å². The van der Waals surface area contributed by atoms with Crippen molar-refractivity contribution in [2.75, 3.05) is 11.1 Å². The zero-order valence-corrected chi connectivity index (χ0v) is 10.7. The number of nitrogens with zero attached hydrogens (tertiary/aromatic N) is 1. The zero-order chi connectivity index (χ0) is 13.2. The van der Waals surface area contributed by atoms with Gasteiger partial charge in [-0.15, -0.1) is 0 Å². The number of benzene rings is 2. The second-order valence-electron chi connectivity index (χ2n) is 4.59. The van der Waals surface area contributed by atoms with E-state index in [9.17, 15) is 0 Å². The van der Waals surface area contributed by atoms with Gasteiger partial charge in [-0.1, -0.05) is 29.8 Å². The molecule has 3 nitrogen and oxygen atoms in total. The largest absolute Gasteiger partial charge is 0.398 e. The van der Waals surface area contributed by atoms with Crippen molar-refractivity contribution in [2.24, 2.45) is 0 Å². The van der Waals surface area contributed by atoms with Gasteiger partial charge >= 0.3 is 0 Å². The van der Waals surface area contributed by atoms with Gasteiger partial charge in [0.15, 0.2) is 0 Å². The molecule has 0 atom stereocenters. The Kier molecular flexibility index (Phi) is 2.80. The van der Waals surface area contributed by atoms with Crippen LogP contribution >= 0.6 is 0 Å². The van der Waals surface area contributed by atoms with Gasteiger partial charge in [-0.2, -0.15) is 0 Å². The van der Waals surface area contributed by atoms with Gasteiger partial charge in [-0.25, -0.2) is 4.98 Å². The van der Waals surface area contributed by atoms with Crippen LogP contribution in [0.5, 0.6) is 0 Å². The fraction of sp³-hybridized carbons (Fsp3) is 0.0625. The molecule has 3 rings (SSSR count). The minimum atomic E-state index is 0.770. The SMILES string of the molecule is Cc1ccc(Nc2nccc3c(N)cccc23)cc1. The van der Waals surface area contributed by atoms with E-state index in [4.69, 9.17) is 5.73 Å². The van der Waals surface area contributed by atoms with Gasteiger partial charge in [0.25, 0.3) is 0 Å². The quantitative estimate of drug-likeness (QED) is 0.678. The lowest BCUT2D eigenvalue weighted by molar-refractivity contribution is 1.33. The minimum absolute atomic E-state index is 0.770. The molecule has 0 radical (unpaired) electrons. The summed E-state index contributed by atoms with van der Waals surface area (Å²) >= 11 is 0. The second kappa shape index (κ2) is 4.61. The standard InChI is InChI=1S/C16H15N3/c1-11-5-7-12(8-6-11)19-16-14-3-2-4-15(17)13(14)9-10-18-16/h2-10H,17H2,1H3,(H,18,19). The van der Waals surface area contributed by atoms with Crippen LogP contribution in [-0.4, -0.2) is 4.98 Å². The van der Waals surface area contributed by atoms with E-state index in [0.29, 0.717) is 0 Å². The van der Waals surface area contributed by atoms with Crippen molar-refractivity contribution in [1.82, 2.24) is 4.98 Å². The van der Waals surface area contributed by atoms with Crippen LogP contribution in [0.2, 0.25) is 0 Å². The Labute approximate surface area is 112 Å². The normalized spacial score (nSPS) is 10.6. The highest BCUT2D eigenvalue weighted by Gasteiger charge is 2.04. The Morgan fingerprint density at radius 3 is 2.53 bits per heavy atom. The number of anilines is 3. The lowest BCUT2D eigenvalue weighted by Crippen LogP contribution is -1.96. The third kappa shape index (κ3) is 2.22. The number of hydrogen-bond donors (Lipinski definition) is 2. The first kappa shape index (κ1) is 11.5. The number of aryl methyl sites for hydroxylation is 1. The summed E-state index contributed by atoms with van der Waals surface area (Å²) in [6.07, 6.45) is 1.77. The van der Waals surface area contributed by atoms with Gasteiger partial charge in [-0.05, 0) is 31.2 Å². The Morgan fingerprint density at radius 1 is 0.947 bits per heavy atom. The highest BCUT2D eigenvalue weighted by atomic mass is 15.0. The van der Waals surface area contributed by atoms with E-state index < -0.39 is 0 Å². The topological polar surface area (TPSA) is 50.9 Å². The molecule has 0 aliphatic heterocycles. The molecule has 0 aliphatic carbocycles. The second-order valence-corrected chi connectivity index (χ2v) is 4.59. The van der Waals surface area contributed by atoms with E-state index in [2.05, 4.69) is 29.4 Å². The molecule has 1 aromatic heterocycles. The minimum Gasteiger partial charge on any atom is -0.398 e. The van der Waals surface area contributed by atoms with Crippen LogP contribution in [0.15, 0.2) is 54.7 Å². The molecule has 0 amide bonds. The van der Waals surface area contributed by atoms with Crippen LogP contribution in [0.3, 0.4) is 0 Å². The number of aromatic nitrogens is 1. The fourth-order valence-electron chi connectivity index (χ4n) is 2.10. The molecule has 94 valence electrons. The Bertz CT molecular complexity index is 718. The Morgan fingerprint density at radius 2 is 1.74 bits per heavy atom. The smallest absolute Gasteiger partial charge is 0.138 e. The third-order valence-corrected chi connectivity index (χ3v) is 3.15. The molecule has 0 saturated heterocycles. The molecule has 0 saturated carbocycles. The van der Waals surface area contributed by atoms with Crippen molar-refractivity contribution in [3.8, 4) is 0 Å².